The molecule has 6 heteroatoms. The molecule has 0 saturated carbocycles. The van der Waals surface area contributed by atoms with Crippen molar-refractivity contribution in [2.75, 3.05) is 5.32 Å². The van der Waals surface area contributed by atoms with Crippen LogP contribution in [0.3, 0.4) is 0 Å². The molecule has 1 N–H and O–H groups in total. The van der Waals surface area contributed by atoms with Crippen molar-refractivity contribution in [2.45, 2.75) is 23.2 Å². The van der Waals surface area contributed by atoms with Crippen LogP contribution in [0.5, 0.6) is 0 Å². The Kier molecular flexibility index (Phi) is 5.53. The summed E-state index contributed by atoms with van der Waals surface area (Å²) in [5, 5.41) is 2.80. The number of esters is 1. The molecule has 1 aliphatic rings. The van der Waals surface area contributed by atoms with Crippen LogP contribution in [-0.2, 0) is 32.5 Å². The fraction of sp³-hybridized carbons (Fsp3) is 0.130. The molecular weight excluding hydrogens is 386 g/mol. The van der Waals surface area contributed by atoms with Gasteiger partial charge in [-0.25, -0.2) is 4.79 Å². The molecule has 0 aromatic heterocycles. The monoisotopic (exact) mass is 405 g/mol. The van der Waals surface area contributed by atoms with Gasteiger partial charge in [0, 0.05) is 17.0 Å². The number of fused-ring (bicyclic) bond motifs is 1. The van der Waals surface area contributed by atoms with Gasteiger partial charge in [-0.1, -0.05) is 48.5 Å². The molecule has 29 heavy (non-hydrogen) atoms. The molecule has 0 aliphatic carbocycles. The zero-order valence-corrected chi connectivity index (χ0v) is 16.4. The van der Waals surface area contributed by atoms with Gasteiger partial charge in [-0.2, -0.15) is 0 Å². The SMILES string of the molecule is O=C1O[C@@H](C(=O)Nc2cccc(C[S@](=O)c3ccccc3)c2)Cc2ccccc21. The molecule has 0 fully saturated rings. The van der Waals surface area contributed by atoms with E-state index < -0.39 is 22.9 Å². The van der Waals surface area contributed by atoms with Gasteiger partial charge in [0.05, 0.1) is 22.1 Å². The lowest BCUT2D eigenvalue weighted by molar-refractivity contribution is -0.125. The number of benzene rings is 3. The van der Waals surface area contributed by atoms with Gasteiger partial charge < -0.3 is 10.1 Å². The highest BCUT2D eigenvalue weighted by Gasteiger charge is 2.31. The highest BCUT2D eigenvalue weighted by atomic mass is 32.2. The Morgan fingerprint density at radius 3 is 2.59 bits per heavy atom. The zero-order valence-electron chi connectivity index (χ0n) is 15.5. The Morgan fingerprint density at radius 2 is 1.76 bits per heavy atom. The fourth-order valence-electron chi connectivity index (χ4n) is 3.25. The average molecular weight is 405 g/mol. The number of rotatable bonds is 5. The first-order valence-corrected chi connectivity index (χ1v) is 10.5. The summed E-state index contributed by atoms with van der Waals surface area (Å²) < 4.78 is 17.8. The third kappa shape index (κ3) is 4.43. The van der Waals surface area contributed by atoms with E-state index in [0.717, 1.165) is 16.0 Å². The van der Waals surface area contributed by atoms with Crippen molar-refractivity contribution >= 4 is 28.4 Å². The first-order valence-electron chi connectivity index (χ1n) is 9.22. The Hall–Kier alpha value is -3.25. The number of amides is 1. The number of ether oxygens (including phenoxy) is 1. The third-order valence-corrected chi connectivity index (χ3v) is 6.08. The molecule has 1 heterocycles. The van der Waals surface area contributed by atoms with Crippen molar-refractivity contribution in [3.8, 4) is 0 Å². The first kappa shape index (κ1) is 19.1. The summed E-state index contributed by atoms with van der Waals surface area (Å²) in [4.78, 5) is 25.5. The van der Waals surface area contributed by atoms with Crippen LogP contribution in [-0.4, -0.2) is 22.2 Å². The van der Waals surface area contributed by atoms with Gasteiger partial charge in [-0.05, 0) is 41.5 Å². The fourth-order valence-corrected chi connectivity index (χ4v) is 4.36. The number of hydrogen-bond donors (Lipinski definition) is 1. The van der Waals surface area contributed by atoms with E-state index in [1.165, 1.54) is 0 Å². The van der Waals surface area contributed by atoms with Crippen LogP contribution in [0.1, 0.15) is 21.5 Å². The van der Waals surface area contributed by atoms with E-state index >= 15 is 0 Å². The van der Waals surface area contributed by atoms with Crippen LogP contribution in [0.4, 0.5) is 5.69 Å². The predicted molar refractivity (Wildman–Crippen MR) is 111 cm³/mol. The van der Waals surface area contributed by atoms with Gasteiger partial charge in [-0.3, -0.25) is 9.00 Å². The normalized spacial score (nSPS) is 16.4. The van der Waals surface area contributed by atoms with Crippen molar-refractivity contribution in [1.29, 1.82) is 0 Å². The van der Waals surface area contributed by atoms with Crippen molar-refractivity contribution in [3.63, 3.8) is 0 Å². The molecule has 2 atom stereocenters. The molecule has 1 amide bonds. The van der Waals surface area contributed by atoms with E-state index in [2.05, 4.69) is 5.32 Å². The largest absolute Gasteiger partial charge is 0.448 e. The molecule has 3 aromatic rings. The predicted octanol–water partition coefficient (Wildman–Crippen LogP) is 3.71. The average Bonchev–Trinajstić information content (AvgIpc) is 2.74. The van der Waals surface area contributed by atoms with Gasteiger partial charge in [0.15, 0.2) is 6.10 Å². The second-order valence-electron chi connectivity index (χ2n) is 6.75. The van der Waals surface area contributed by atoms with Crippen LogP contribution >= 0.6 is 0 Å². The Labute approximate surface area is 171 Å². The van der Waals surface area contributed by atoms with Crippen molar-refractivity contribution in [1.82, 2.24) is 0 Å². The molecule has 0 spiro atoms. The lowest BCUT2D eigenvalue weighted by atomic mass is 9.98. The molecule has 0 unspecified atom stereocenters. The minimum atomic E-state index is -1.17. The quantitative estimate of drug-likeness (QED) is 0.657. The molecule has 4 rings (SSSR count). The Bertz CT molecular complexity index is 1080. The number of carbonyl (C=O) groups is 2. The Morgan fingerprint density at radius 1 is 1.00 bits per heavy atom. The van der Waals surface area contributed by atoms with Crippen molar-refractivity contribution < 1.29 is 18.5 Å². The topological polar surface area (TPSA) is 72.5 Å². The van der Waals surface area contributed by atoms with Crippen LogP contribution in [0.15, 0.2) is 83.8 Å². The maximum absolute atomic E-state index is 12.6. The lowest BCUT2D eigenvalue weighted by Crippen LogP contribution is -2.37. The molecule has 0 radical (unpaired) electrons. The molecule has 5 nitrogen and oxygen atoms in total. The lowest BCUT2D eigenvalue weighted by Gasteiger charge is -2.23. The van der Waals surface area contributed by atoms with Gasteiger partial charge in [0.1, 0.15) is 0 Å². The molecule has 0 saturated heterocycles. The maximum atomic E-state index is 12.6. The minimum Gasteiger partial charge on any atom is -0.448 e. The first-order chi connectivity index (χ1) is 14.1. The van der Waals surface area contributed by atoms with E-state index in [-0.39, 0.29) is 5.91 Å². The smallest absolute Gasteiger partial charge is 0.339 e. The molecule has 1 aliphatic heterocycles. The minimum absolute atomic E-state index is 0.339. The van der Waals surface area contributed by atoms with Gasteiger partial charge in [-0.15, -0.1) is 0 Å². The number of nitrogens with one attached hydrogen (secondary N) is 1. The van der Waals surface area contributed by atoms with Crippen molar-refractivity contribution in [3.05, 3.63) is 95.6 Å². The van der Waals surface area contributed by atoms with Gasteiger partial charge in [0.2, 0.25) is 0 Å². The van der Waals surface area contributed by atoms with E-state index in [1.54, 1.807) is 30.3 Å². The maximum Gasteiger partial charge on any atom is 0.339 e. The summed E-state index contributed by atoms with van der Waals surface area (Å²) in [6.45, 7) is 0. The highest BCUT2D eigenvalue weighted by Crippen LogP contribution is 2.22. The highest BCUT2D eigenvalue weighted by molar-refractivity contribution is 7.84. The van der Waals surface area contributed by atoms with Crippen LogP contribution in [0.2, 0.25) is 0 Å². The standard InChI is InChI=1S/C23H19NO4S/c25-22(21-14-17-8-4-5-12-20(17)23(26)28-21)24-18-9-6-7-16(13-18)15-29(27)19-10-2-1-3-11-19/h1-13,21H,14-15H2,(H,24,25)/t21-,29+/m1/s1. The number of cyclic esters (lactones) is 1. The third-order valence-electron chi connectivity index (χ3n) is 4.68. The molecule has 0 bridgehead atoms. The molecule has 3 aromatic carbocycles. The van der Waals surface area contributed by atoms with Crippen LogP contribution in [0.25, 0.3) is 0 Å². The summed E-state index contributed by atoms with van der Waals surface area (Å²) in [6, 6.07) is 23.6. The van der Waals surface area contributed by atoms with E-state index in [1.807, 2.05) is 48.5 Å². The number of carbonyl (C=O) groups excluding carboxylic acids is 2. The number of anilines is 1. The summed E-state index contributed by atoms with van der Waals surface area (Å²) in [5.41, 5.74) is 2.72. The summed E-state index contributed by atoms with van der Waals surface area (Å²) in [6.07, 6.45) is -0.537. The van der Waals surface area contributed by atoms with Crippen LogP contribution in [0, 0.1) is 0 Å². The van der Waals surface area contributed by atoms with Gasteiger partial charge in [0.25, 0.3) is 5.91 Å². The summed E-state index contributed by atoms with van der Waals surface area (Å²) in [7, 11) is -1.17. The summed E-state index contributed by atoms with van der Waals surface area (Å²) in [5.74, 6) is -0.521. The van der Waals surface area contributed by atoms with E-state index in [4.69, 9.17) is 4.74 Å². The number of hydrogen-bond acceptors (Lipinski definition) is 4. The molecular formula is C23H19NO4S. The summed E-state index contributed by atoms with van der Waals surface area (Å²) >= 11 is 0. The second-order valence-corrected chi connectivity index (χ2v) is 8.20. The van der Waals surface area contributed by atoms with E-state index in [9.17, 15) is 13.8 Å². The van der Waals surface area contributed by atoms with E-state index in [0.29, 0.717) is 23.4 Å². The molecule has 146 valence electrons. The van der Waals surface area contributed by atoms with Crippen LogP contribution < -0.4 is 5.32 Å². The second kappa shape index (κ2) is 8.41. The zero-order chi connectivity index (χ0) is 20.2. The van der Waals surface area contributed by atoms with Gasteiger partial charge >= 0.3 is 5.97 Å². The van der Waals surface area contributed by atoms with Crippen molar-refractivity contribution in [2.24, 2.45) is 0 Å². The Balaban J connectivity index is 1.44.